The quantitative estimate of drug-likeness (QED) is 0.562. The van der Waals surface area contributed by atoms with Gasteiger partial charge in [-0.15, -0.1) is 0 Å². The molecule has 1 aromatic heterocycles. The molecule has 1 aliphatic carbocycles. The lowest BCUT2D eigenvalue weighted by Gasteiger charge is -2.17. The Kier molecular flexibility index (Phi) is 2.92. The molecule has 1 aromatic rings. The summed E-state index contributed by atoms with van der Waals surface area (Å²) in [6.07, 6.45) is 2.77. The predicted octanol–water partition coefficient (Wildman–Crippen LogP) is 0.850. The molecule has 1 saturated carbocycles. The van der Waals surface area contributed by atoms with Crippen LogP contribution >= 0.6 is 0 Å². The number of ketones is 3. The third kappa shape index (κ3) is 2.05. The summed E-state index contributed by atoms with van der Waals surface area (Å²) in [7, 11) is 1.70. The van der Waals surface area contributed by atoms with Gasteiger partial charge < -0.3 is 0 Å². The molecule has 5 nitrogen and oxygen atoms in total. The van der Waals surface area contributed by atoms with Crippen molar-refractivity contribution in [1.29, 1.82) is 0 Å². The van der Waals surface area contributed by atoms with Crippen LogP contribution in [-0.4, -0.2) is 27.1 Å². The summed E-state index contributed by atoms with van der Waals surface area (Å²) < 4.78 is 1.51. The van der Waals surface area contributed by atoms with Crippen LogP contribution in [0.3, 0.4) is 0 Å². The molecule has 1 heterocycles. The van der Waals surface area contributed by atoms with Crippen LogP contribution in [0.4, 0.5) is 0 Å². The molecule has 0 amide bonds. The van der Waals surface area contributed by atoms with Crippen LogP contribution in [0.25, 0.3) is 0 Å². The lowest BCUT2D eigenvalue weighted by Crippen LogP contribution is -2.35. The molecule has 90 valence electrons. The second-order valence-corrected chi connectivity index (χ2v) is 4.39. The first-order valence-electron chi connectivity index (χ1n) is 5.60. The Morgan fingerprint density at radius 1 is 1.35 bits per heavy atom. The van der Waals surface area contributed by atoms with Crippen LogP contribution in [0.1, 0.15) is 35.3 Å². The summed E-state index contributed by atoms with van der Waals surface area (Å²) in [6.45, 7) is 1.70. The van der Waals surface area contributed by atoms with E-state index in [1.54, 1.807) is 20.2 Å². The van der Waals surface area contributed by atoms with Gasteiger partial charge in [-0.3, -0.25) is 19.1 Å². The zero-order chi connectivity index (χ0) is 12.6. The van der Waals surface area contributed by atoms with Gasteiger partial charge in [-0.05, 0) is 13.3 Å². The number of aromatic nitrogens is 2. The molecule has 0 atom stereocenters. The number of carbonyl (C=O) groups is 3. The highest BCUT2D eigenvalue weighted by atomic mass is 16.2. The summed E-state index contributed by atoms with van der Waals surface area (Å²) in [6, 6.07) is 0. The molecule has 0 spiro atoms. The SMILES string of the molecule is Cc1nn(C)cc1C(=O)C1C(=O)CCCC1=O. The zero-order valence-corrected chi connectivity index (χ0v) is 9.90. The van der Waals surface area contributed by atoms with E-state index in [9.17, 15) is 14.4 Å². The maximum atomic E-state index is 12.2. The van der Waals surface area contributed by atoms with Crippen molar-refractivity contribution in [3.63, 3.8) is 0 Å². The largest absolute Gasteiger partial charge is 0.298 e. The van der Waals surface area contributed by atoms with Gasteiger partial charge in [0.05, 0.1) is 11.3 Å². The predicted molar refractivity (Wildman–Crippen MR) is 59.6 cm³/mol. The van der Waals surface area contributed by atoms with Crippen molar-refractivity contribution in [3.8, 4) is 0 Å². The fraction of sp³-hybridized carbons (Fsp3) is 0.500. The number of hydrogen-bond acceptors (Lipinski definition) is 4. The van der Waals surface area contributed by atoms with Gasteiger partial charge in [0.1, 0.15) is 5.92 Å². The van der Waals surface area contributed by atoms with Crippen LogP contribution in [0, 0.1) is 12.8 Å². The van der Waals surface area contributed by atoms with Crippen LogP contribution in [0.15, 0.2) is 6.20 Å². The standard InChI is InChI=1S/C12H14N2O3/c1-7-8(6-14(2)13-7)12(17)11-9(15)4-3-5-10(11)16/h6,11H,3-5H2,1-2H3. The highest BCUT2D eigenvalue weighted by Gasteiger charge is 2.37. The first kappa shape index (κ1) is 11.7. The second kappa shape index (κ2) is 4.24. The van der Waals surface area contributed by atoms with Gasteiger partial charge in [0.25, 0.3) is 0 Å². The Morgan fingerprint density at radius 3 is 2.41 bits per heavy atom. The van der Waals surface area contributed by atoms with E-state index in [1.165, 1.54) is 4.68 Å². The molecule has 0 aliphatic heterocycles. The highest BCUT2D eigenvalue weighted by Crippen LogP contribution is 2.22. The zero-order valence-electron chi connectivity index (χ0n) is 9.90. The summed E-state index contributed by atoms with van der Waals surface area (Å²) in [5.74, 6) is -2.00. The number of nitrogens with zero attached hydrogens (tertiary/aromatic N) is 2. The van der Waals surface area contributed by atoms with Crippen molar-refractivity contribution in [3.05, 3.63) is 17.5 Å². The fourth-order valence-electron chi connectivity index (χ4n) is 2.19. The van der Waals surface area contributed by atoms with Crippen LogP contribution in [-0.2, 0) is 16.6 Å². The molecule has 0 N–H and O–H groups in total. The molecule has 0 aromatic carbocycles. The van der Waals surface area contributed by atoms with Gasteiger partial charge in [-0.2, -0.15) is 5.10 Å². The minimum atomic E-state index is -1.09. The number of carbonyl (C=O) groups excluding carboxylic acids is 3. The van der Waals surface area contributed by atoms with Crippen molar-refractivity contribution < 1.29 is 14.4 Å². The lowest BCUT2D eigenvalue weighted by atomic mass is 9.82. The molecule has 17 heavy (non-hydrogen) atoms. The van der Waals surface area contributed by atoms with E-state index < -0.39 is 11.7 Å². The molecular weight excluding hydrogens is 220 g/mol. The van der Waals surface area contributed by atoms with E-state index in [-0.39, 0.29) is 11.6 Å². The number of aryl methyl sites for hydroxylation is 2. The van der Waals surface area contributed by atoms with E-state index in [4.69, 9.17) is 0 Å². The maximum absolute atomic E-state index is 12.2. The van der Waals surface area contributed by atoms with E-state index in [0.717, 1.165) is 0 Å². The normalized spacial score (nSPS) is 17.5. The van der Waals surface area contributed by atoms with E-state index in [0.29, 0.717) is 30.5 Å². The van der Waals surface area contributed by atoms with Crippen molar-refractivity contribution in [2.75, 3.05) is 0 Å². The van der Waals surface area contributed by atoms with Crippen LogP contribution in [0.2, 0.25) is 0 Å². The number of rotatable bonds is 2. The van der Waals surface area contributed by atoms with Crippen molar-refractivity contribution in [1.82, 2.24) is 9.78 Å². The Morgan fingerprint density at radius 2 is 1.94 bits per heavy atom. The summed E-state index contributed by atoms with van der Waals surface area (Å²) in [4.78, 5) is 35.5. The Bertz CT molecular complexity index is 486. The van der Waals surface area contributed by atoms with Crippen LogP contribution < -0.4 is 0 Å². The van der Waals surface area contributed by atoms with Gasteiger partial charge in [0.2, 0.25) is 0 Å². The third-order valence-electron chi connectivity index (χ3n) is 3.03. The Labute approximate surface area is 98.8 Å². The fourth-order valence-corrected chi connectivity index (χ4v) is 2.19. The smallest absolute Gasteiger partial charge is 0.184 e. The molecule has 1 fully saturated rings. The molecule has 0 saturated heterocycles. The second-order valence-electron chi connectivity index (χ2n) is 4.39. The minimum absolute atomic E-state index is 0.255. The first-order chi connectivity index (χ1) is 8.00. The molecular formula is C12H14N2O3. The molecule has 0 unspecified atom stereocenters. The van der Waals surface area contributed by atoms with Gasteiger partial charge in [-0.25, -0.2) is 0 Å². The van der Waals surface area contributed by atoms with Crippen molar-refractivity contribution in [2.45, 2.75) is 26.2 Å². The van der Waals surface area contributed by atoms with Gasteiger partial charge >= 0.3 is 0 Å². The molecule has 0 bridgehead atoms. The molecule has 1 aliphatic rings. The van der Waals surface area contributed by atoms with Gasteiger partial charge in [0, 0.05) is 26.1 Å². The van der Waals surface area contributed by atoms with E-state index in [1.807, 2.05) is 0 Å². The maximum Gasteiger partial charge on any atom is 0.184 e. The summed E-state index contributed by atoms with van der Waals surface area (Å²) >= 11 is 0. The third-order valence-corrected chi connectivity index (χ3v) is 3.03. The lowest BCUT2D eigenvalue weighted by molar-refractivity contribution is -0.133. The summed E-state index contributed by atoms with van der Waals surface area (Å²) in [5, 5.41) is 4.05. The van der Waals surface area contributed by atoms with Crippen LogP contribution in [0.5, 0.6) is 0 Å². The van der Waals surface area contributed by atoms with Gasteiger partial charge in [-0.1, -0.05) is 0 Å². The topological polar surface area (TPSA) is 69.0 Å². The monoisotopic (exact) mass is 234 g/mol. The average molecular weight is 234 g/mol. The van der Waals surface area contributed by atoms with Gasteiger partial charge in [0.15, 0.2) is 17.3 Å². The Hall–Kier alpha value is -1.78. The molecule has 5 heteroatoms. The first-order valence-corrected chi connectivity index (χ1v) is 5.60. The van der Waals surface area contributed by atoms with E-state index >= 15 is 0 Å². The molecule has 0 radical (unpaired) electrons. The number of Topliss-reactive ketones (excluding diaryl/α,β-unsaturated/α-hetero) is 3. The highest BCUT2D eigenvalue weighted by molar-refractivity contribution is 6.25. The molecule has 2 rings (SSSR count). The average Bonchev–Trinajstić information content (AvgIpc) is 2.57. The van der Waals surface area contributed by atoms with E-state index in [2.05, 4.69) is 5.10 Å². The summed E-state index contributed by atoms with van der Waals surface area (Å²) in [5.41, 5.74) is 0.935. The van der Waals surface area contributed by atoms with Crippen molar-refractivity contribution >= 4 is 17.3 Å². The number of hydrogen-bond donors (Lipinski definition) is 0. The Balaban J connectivity index is 2.33. The van der Waals surface area contributed by atoms with Crippen molar-refractivity contribution in [2.24, 2.45) is 13.0 Å². The minimum Gasteiger partial charge on any atom is -0.298 e.